The largest absolute Gasteiger partial charge is 0.365 e. The highest BCUT2D eigenvalue weighted by Crippen LogP contribution is 2.02. The Morgan fingerprint density at radius 3 is 3.09 bits per heavy atom. The van der Waals surface area contributed by atoms with Crippen molar-refractivity contribution in [2.75, 3.05) is 0 Å². The monoisotopic (exact) mass is 169 g/mol. The first-order valence-electron chi connectivity index (χ1n) is 2.78. The molecule has 6 nitrogen and oxygen atoms in total. The van der Waals surface area contributed by atoms with Crippen molar-refractivity contribution in [3.63, 3.8) is 0 Å². The number of hydrogen-bond acceptors (Lipinski definition) is 5. The zero-order valence-electron chi connectivity index (χ0n) is 5.26. The van der Waals surface area contributed by atoms with Crippen LogP contribution in [-0.4, -0.2) is 24.6 Å². The summed E-state index contributed by atoms with van der Waals surface area (Å²) < 4.78 is 4.96. The smallest absolute Gasteiger partial charge is 0.244 e. The van der Waals surface area contributed by atoms with Gasteiger partial charge in [0.25, 0.3) is 0 Å². The minimum atomic E-state index is -0.356. The molecule has 0 fully saturated rings. The van der Waals surface area contributed by atoms with Crippen LogP contribution in [0.15, 0.2) is 16.4 Å². The molecule has 0 aromatic carbocycles. The predicted octanol–water partition coefficient (Wildman–Crippen LogP) is -0.588. The van der Waals surface area contributed by atoms with Crippen LogP contribution in [0.4, 0.5) is 0 Å². The first-order valence-corrected chi connectivity index (χ1v) is 3.62. The first kappa shape index (κ1) is 6.23. The second kappa shape index (κ2) is 2.27. The van der Waals surface area contributed by atoms with Crippen molar-refractivity contribution in [3.05, 3.63) is 22.1 Å². The SMILES string of the molecule is O=c1[nH]nnn1-c1cnsc1. The van der Waals surface area contributed by atoms with Crippen molar-refractivity contribution in [1.29, 1.82) is 0 Å². The summed E-state index contributed by atoms with van der Waals surface area (Å²) in [6, 6.07) is 0. The van der Waals surface area contributed by atoms with Gasteiger partial charge in [0, 0.05) is 5.38 Å². The third-order valence-corrected chi connectivity index (χ3v) is 1.71. The van der Waals surface area contributed by atoms with E-state index in [9.17, 15) is 4.79 Å². The average molecular weight is 169 g/mol. The molecule has 2 aromatic heterocycles. The lowest BCUT2D eigenvalue weighted by Gasteiger charge is -1.86. The average Bonchev–Trinajstić information content (AvgIpc) is 2.55. The van der Waals surface area contributed by atoms with E-state index >= 15 is 0 Å². The Morgan fingerprint density at radius 1 is 1.64 bits per heavy atom. The van der Waals surface area contributed by atoms with Gasteiger partial charge in [0.05, 0.1) is 6.20 Å². The Morgan fingerprint density at radius 2 is 2.55 bits per heavy atom. The molecule has 2 heterocycles. The molecule has 0 aliphatic heterocycles. The van der Waals surface area contributed by atoms with Gasteiger partial charge in [-0.05, 0) is 22.0 Å². The van der Waals surface area contributed by atoms with Crippen molar-refractivity contribution in [2.24, 2.45) is 0 Å². The van der Waals surface area contributed by atoms with Gasteiger partial charge in [0.1, 0.15) is 5.69 Å². The Labute approximate surface area is 64.6 Å². The molecule has 11 heavy (non-hydrogen) atoms. The number of nitrogens with zero attached hydrogens (tertiary/aromatic N) is 4. The van der Waals surface area contributed by atoms with Gasteiger partial charge in [-0.15, -0.1) is 0 Å². The molecular formula is C4H3N5OS. The van der Waals surface area contributed by atoms with Gasteiger partial charge in [-0.25, -0.2) is 9.89 Å². The molecule has 0 aliphatic carbocycles. The van der Waals surface area contributed by atoms with Gasteiger partial charge in [0.15, 0.2) is 0 Å². The highest BCUT2D eigenvalue weighted by Gasteiger charge is 2.01. The van der Waals surface area contributed by atoms with Crippen LogP contribution < -0.4 is 5.69 Å². The van der Waals surface area contributed by atoms with E-state index in [1.807, 2.05) is 0 Å². The lowest BCUT2D eigenvalue weighted by atomic mass is 10.6. The standard InChI is InChI=1S/C4H3N5OS/c10-4-6-7-8-9(4)3-1-5-11-2-3/h1-2H,(H,6,8,10). The lowest BCUT2D eigenvalue weighted by molar-refractivity contribution is 0.780. The maximum absolute atomic E-state index is 10.9. The highest BCUT2D eigenvalue weighted by molar-refractivity contribution is 7.03. The van der Waals surface area contributed by atoms with E-state index in [0.29, 0.717) is 5.69 Å². The minimum absolute atomic E-state index is 0.356. The van der Waals surface area contributed by atoms with Gasteiger partial charge in [-0.1, -0.05) is 0 Å². The quantitative estimate of drug-likeness (QED) is 0.619. The summed E-state index contributed by atoms with van der Waals surface area (Å²) in [5.74, 6) is 0. The van der Waals surface area contributed by atoms with E-state index in [-0.39, 0.29) is 5.69 Å². The molecule has 2 rings (SSSR count). The molecule has 1 N–H and O–H groups in total. The summed E-state index contributed by atoms with van der Waals surface area (Å²) in [6.45, 7) is 0. The van der Waals surface area contributed by atoms with Crippen molar-refractivity contribution in [3.8, 4) is 5.69 Å². The number of nitrogens with one attached hydrogen (secondary N) is 1. The van der Waals surface area contributed by atoms with Gasteiger partial charge in [-0.2, -0.15) is 9.06 Å². The second-order valence-electron chi connectivity index (χ2n) is 1.80. The summed E-state index contributed by atoms with van der Waals surface area (Å²) >= 11 is 1.26. The van der Waals surface area contributed by atoms with Gasteiger partial charge in [-0.3, -0.25) is 0 Å². The zero-order chi connectivity index (χ0) is 7.68. The van der Waals surface area contributed by atoms with Gasteiger partial charge in [0.2, 0.25) is 0 Å². The number of tetrazole rings is 1. The molecule has 0 amide bonds. The molecular weight excluding hydrogens is 166 g/mol. The van der Waals surface area contributed by atoms with Crippen LogP contribution in [0.5, 0.6) is 0 Å². The minimum Gasteiger partial charge on any atom is -0.244 e. The maximum Gasteiger partial charge on any atom is 0.365 e. The van der Waals surface area contributed by atoms with Crippen molar-refractivity contribution >= 4 is 11.5 Å². The van der Waals surface area contributed by atoms with E-state index in [1.54, 1.807) is 11.6 Å². The fourth-order valence-corrected chi connectivity index (χ4v) is 1.17. The Bertz CT molecular complexity index is 387. The fraction of sp³-hybridized carbons (Fsp3) is 0. The first-order chi connectivity index (χ1) is 5.38. The fourth-order valence-electron chi connectivity index (χ4n) is 0.671. The summed E-state index contributed by atoms with van der Waals surface area (Å²) in [5, 5.41) is 10.7. The second-order valence-corrected chi connectivity index (χ2v) is 2.46. The van der Waals surface area contributed by atoms with Crippen LogP contribution in [-0.2, 0) is 0 Å². The molecule has 0 saturated heterocycles. The highest BCUT2D eigenvalue weighted by atomic mass is 32.1. The van der Waals surface area contributed by atoms with E-state index < -0.39 is 0 Å². The molecule has 7 heteroatoms. The van der Waals surface area contributed by atoms with Gasteiger partial charge < -0.3 is 0 Å². The molecule has 0 aliphatic rings. The molecule has 0 saturated carbocycles. The van der Waals surface area contributed by atoms with E-state index in [2.05, 4.69) is 19.9 Å². The third-order valence-electron chi connectivity index (χ3n) is 1.14. The number of aromatic amines is 1. The van der Waals surface area contributed by atoms with E-state index in [4.69, 9.17) is 0 Å². The summed E-state index contributed by atoms with van der Waals surface area (Å²) in [7, 11) is 0. The van der Waals surface area contributed by atoms with E-state index in [0.717, 1.165) is 4.68 Å². The molecule has 0 atom stereocenters. The van der Waals surface area contributed by atoms with Crippen molar-refractivity contribution in [1.82, 2.24) is 24.6 Å². The van der Waals surface area contributed by atoms with Crippen LogP contribution in [0.1, 0.15) is 0 Å². The number of rotatable bonds is 1. The lowest BCUT2D eigenvalue weighted by Crippen LogP contribution is -2.15. The predicted molar refractivity (Wildman–Crippen MR) is 37.7 cm³/mol. The number of hydrogen-bond donors (Lipinski definition) is 1. The number of aromatic nitrogens is 5. The van der Waals surface area contributed by atoms with Gasteiger partial charge >= 0.3 is 5.69 Å². The van der Waals surface area contributed by atoms with E-state index in [1.165, 1.54) is 11.5 Å². The van der Waals surface area contributed by atoms with Crippen LogP contribution in [0.2, 0.25) is 0 Å². The maximum atomic E-state index is 10.9. The molecule has 0 radical (unpaired) electrons. The summed E-state index contributed by atoms with van der Waals surface area (Å²) in [4.78, 5) is 10.9. The molecule has 0 bridgehead atoms. The normalized spacial score (nSPS) is 10.2. The Kier molecular flexibility index (Phi) is 1.29. The van der Waals surface area contributed by atoms with Crippen LogP contribution in [0.3, 0.4) is 0 Å². The number of H-pyrrole nitrogens is 1. The van der Waals surface area contributed by atoms with Crippen molar-refractivity contribution < 1.29 is 0 Å². The van der Waals surface area contributed by atoms with Crippen LogP contribution in [0, 0.1) is 0 Å². The molecule has 0 spiro atoms. The Hall–Kier alpha value is -1.50. The zero-order valence-corrected chi connectivity index (χ0v) is 6.08. The molecule has 0 unspecified atom stereocenters. The topological polar surface area (TPSA) is 76.5 Å². The third kappa shape index (κ3) is 0.944. The van der Waals surface area contributed by atoms with Crippen molar-refractivity contribution in [2.45, 2.75) is 0 Å². The van der Waals surface area contributed by atoms with Crippen LogP contribution in [0.25, 0.3) is 5.69 Å². The molecule has 56 valence electrons. The van der Waals surface area contributed by atoms with Crippen LogP contribution >= 0.6 is 11.5 Å². The summed E-state index contributed by atoms with van der Waals surface area (Å²) in [6.07, 6.45) is 1.55. The Balaban J connectivity index is 2.62. The molecule has 2 aromatic rings. The summed E-state index contributed by atoms with van der Waals surface area (Å²) in [5.41, 5.74) is 0.277.